The normalized spacial score (nSPS) is 11.1. The third kappa shape index (κ3) is 3.48. The van der Waals surface area contributed by atoms with Crippen LogP contribution in [0, 0.1) is 6.92 Å². The first-order chi connectivity index (χ1) is 10.3. The number of benzene rings is 2. The van der Waals surface area contributed by atoms with E-state index < -0.39 is 0 Å². The summed E-state index contributed by atoms with van der Waals surface area (Å²) in [6.45, 7) is 8.35. The smallest absolute Gasteiger partial charge is 0.256 e. The largest absolute Gasteiger partial charge is 0.495 e. The molecule has 2 rings (SSSR count). The van der Waals surface area contributed by atoms with Gasteiger partial charge in [-0.1, -0.05) is 45.0 Å². The molecule has 2 aromatic rings. The molecule has 3 nitrogen and oxygen atoms in total. The van der Waals surface area contributed by atoms with Gasteiger partial charge in [0.15, 0.2) is 0 Å². The van der Waals surface area contributed by atoms with Gasteiger partial charge in [-0.3, -0.25) is 4.79 Å². The molecular weight excluding hydrogens is 274 g/mol. The van der Waals surface area contributed by atoms with Crippen molar-refractivity contribution in [3.05, 3.63) is 59.2 Å². The molecule has 1 N–H and O–H groups in total. The first kappa shape index (κ1) is 16.1. The lowest BCUT2D eigenvalue weighted by molar-refractivity contribution is 0.102. The molecule has 0 bridgehead atoms. The molecule has 0 unspecified atom stereocenters. The molecule has 0 aliphatic carbocycles. The van der Waals surface area contributed by atoms with Gasteiger partial charge in [0.05, 0.1) is 12.8 Å². The van der Waals surface area contributed by atoms with Crippen molar-refractivity contribution in [1.29, 1.82) is 0 Å². The lowest BCUT2D eigenvalue weighted by Gasteiger charge is -2.21. The van der Waals surface area contributed by atoms with Gasteiger partial charge < -0.3 is 10.1 Å². The second-order valence-electron chi connectivity index (χ2n) is 6.43. The van der Waals surface area contributed by atoms with Gasteiger partial charge in [-0.2, -0.15) is 0 Å². The number of anilines is 1. The van der Waals surface area contributed by atoms with Crippen LogP contribution in [-0.2, 0) is 5.41 Å². The molecule has 3 heteroatoms. The number of rotatable bonds is 3. The van der Waals surface area contributed by atoms with Gasteiger partial charge in [0, 0.05) is 5.56 Å². The lowest BCUT2D eigenvalue weighted by Crippen LogP contribution is -2.16. The van der Waals surface area contributed by atoms with Crippen LogP contribution in [0.1, 0.15) is 42.3 Å². The Hall–Kier alpha value is -2.29. The van der Waals surface area contributed by atoms with E-state index in [1.54, 1.807) is 7.11 Å². The topological polar surface area (TPSA) is 38.3 Å². The van der Waals surface area contributed by atoms with Gasteiger partial charge in [0.2, 0.25) is 0 Å². The van der Waals surface area contributed by atoms with Crippen molar-refractivity contribution in [2.75, 3.05) is 12.4 Å². The van der Waals surface area contributed by atoms with E-state index in [9.17, 15) is 4.79 Å². The van der Waals surface area contributed by atoms with E-state index in [0.717, 1.165) is 11.1 Å². The molecule has 116 valence electrons. The number of hydrogen-bond acceptors (Lipinski definition) is 2. The zero-order chi connectivity index (χ0) is 16.3. The van der Waals surface area contributed by atoms with Gasteiger partial charge in [-0.25, -0.2) is 0 Å². The number of ether oxygens (including phenoxy) is 1. The maximum Gasteiger partial charge on any atom is 0.256 e. The number of aryl methyl sites for hydroxylation is 1. The van der Waals surface area contributed by atoms with Crippen LogP contribution in [0.4, 0.5) is 5.69 Å². The van der Waals surface area contributed by atoms with Crippen LogP contribution >= 0.6 is 0 Å². The van der Waals surface area contributed by atoms with Crippen LogP contribution in [0.5, 0.6) is 5.75 Å². The molecule has 0 spiro atoms. The quantitative estimate of drug-likeness (QED) is 0.902. The molecule has 2 aromatic carbocycles. The summed E-state index contributed by atoms with van der Waals surface area (Å²) in [5, 5.41) is 2.97. The standard InChI is InChI=1S/C19H23NO2/c1-13-8-6-7-9-15(13)18(21)20-16-12-14(19(2,3)4)10-11-17(16)22-5/h6-12H,1-5H3,(H,20,21). The fourth-order valence-corrected chi connectivity index (χ4v) is 2.29. The van der Waals surface area contributed by atoms with Crippen molar-refractivity contribution >= 4 is 11.6 Å². The summed E-state index contributed by atoms with van der Waals surface area (Å²) in [6, 6.07) is 13.4. The maximum absolute atomic E-state index is 12.5. The van der Waals surface area contributed by atoms with E-state index in [0.29, 0.717) is 17.0 Å². The molecule has 1 amide bonds. The summed E-state index contributed by atoms with van der Waals surface area (Å²) in [5.74, 6) is 0.539. The Morgan fingerprint density at radius 2 is 1.77 bits per heavy atom. The average molecular weight is 297 g/mol. The van der Waals surface area contributed by atoms with E-state index in [1.165, 1.54) is 0 Å². The minimum Gasteiger partial charge on any atom is -0.495 e. The van der Waals surface area contributed by atoms with E-state index in [4.69, 9.17) is 4.74 Å². The van der Waals surface area contributed by atoms with Gasteiger partial charge in [0.1, 0.15) is 5.75 Å². The number of nitrogens with one attached hydrogen (secondary N) is 1. The summed E-state index contributed by atoms with van der Waals surface area (Å²) in [7, 11) is 1.61. The Kier molecular flexibility index (Phi) is 4.55. The molecule has 0 aromatic heterocycles. The molecule has 0 fully saturated rings. The number of carbonyl (C=O) groups is 1. The highest BCUT2D eigenvalue weighted by molar-refractivity contribution is 6.06. The first-order valence-corrected chi connectivity index (χ1v) is 7.38. The number of amides is 1. The van der Waals surface area contributed by atoms with Crippen LogP contribution in [-0.4, -0.2) is 13.0 Å². The van der Waals surface area contributed by atoms with Gasteiger partial charge in [-0.15, -0.1) is 0 Å². The second-order valence-corrected chi connectivity index (χ2v) is 6.43. The van der Waals surface area contributed by atoms with Crippen LogP contribution in [0.15, 0.2) is 42.5 Å². The Morgan fingerprint density at radius 1 is 1.09 bits per heavy atom. The molecule has 0 heterocycles. The zero-order valence-electron chi connectivity index (χ0n) is 13.9. The van der Waals surface area contributed by atoms with Crippen LogP contribution in [0.2, 0.25) is 0 Å². The Bertz CT molecular complexity index is 684. The van der Waals surface area contributed by atoms with E-state index >= 15 is 0 Å². The summed E-state index contributed by atoms with van der Waals surface area (Å²) in [6.07, 6.45) is 0. The minimum atomic E-state index is -0.123. The SMILES string of the molecule is COc1ccc(C(C)(C)C)cc1NC(=O)c1ccccc1C. The second kappa shape index (κ2) is 6.22. The average Bonchev–Trinajstić information content (AvgIpc) is 2.46. The molecule has 0 atom stereocenters. The fourth-order valence-electron chi connectivity index (χ4n) is 2.29. The lowest BCUT2D eigenvalue weighted by atomic mass is 9.87. The summed E-state index contributed by atoms with van der Waals surface area (Å²) in [5.41, 5.74) is 3.47. The Balaban J connectivity index is 2.36. The monoisotopic (exact) mass is 297 g/mol. The molecule has 0 saturated carbocycles. The number of carbonyl (C=O) groups excluding carboxylic acids is 1. The molecule has 22 heavy (non-hydrogen) atoms. The molecule has 0 aliphatic heterocycles. The third-order valence-corrected chi connectivity index (χ3v) is 3.70. The number of methoxy groups -OCH3 is 1. The van der Waals surface area contributed by atoms with Crippen LogP contribution in [0.3, 0.4) is 0 Å². The van der Waals surface area contributed by atoms with Crippen molar-refractivity contribution in [3.8, 4) is 5.75 Å². The van der Waals surface area contributed by atoms with Gasteiger partial charge >= 0.3 is 0 Å². The van der Waals surface area contributed by atoms with Gasteiger partial charge in [0.25, 0.3) is 5.91 Å². The number of hydrogen-bond donors (Lipinski definition) is 1. The van der Waals surface area contributed by atoms with Crippen molar-refractivity contribution in [3.63, 3.8) is 0 Å². The summed E-state index contributed by atoms with van der Waals surface area (Å²) < 4.78 is 5.37. The highest BCUT2D eigenvalue weighted by atomic mass is 16.5. The van der Waals surface area contributed by atoms with E-state index in [1.807, 2.05) is 49.4 Å². The predicted octanol–water partition coefficient (Wildman–Crippen LogP) is 4.55. The first-order valence-electron chi connectivity index (χ1n) is 7.38. The van der Waals surface area contributed by atoms with Crippen molar-refractivity contribution in [1.82, 2.24) is 0 Å². The summed E-state index contributed by atoms with van der Waals surface area (Å²) in [4.78, 5) is 12.5. The predicted molar refractivity (Wildman–Crippen MR) is 90.8 cm³/mol. The van der Waals surface area contributed by atoms with Crippen molar-refractivity contribution < 1.29 is 9.53 Å². The van der Waals surface area contributed by atoms with E-state index in [2.05, 4.69) is 26.1 Å². The van der Waals surface area contributed by atoms with Crippen molar-refractivity contribution in [2.24, 2.45) is 0 Å². The highest BCUT2D eigenvalue weighted by Gasteiger charge is 2.17. The molecule has 0 aliphatic rings. The molecular formula is C19H23NO2. The van der Waals surface area contributed by atoms with E-state index in [-0.39, 0.29) is 11.3 Å². The van der Waals surface area contributed by atoms with Crippen LogP contribution in [0.25, 0.3) is 0 Å². The fraction of sp³-hybridized carbons (Fsp3) is 0.316. The van der Waals surface area contributed by atoms with Gasteiger partial charge in [-0.05, 0) is 41.7 Å². The third-order valence-electron chi connectivity index (χ3n) is 3.70. The summed E-state index contributed by atoms with van der Waals surface area (Å²) >= 11 is 0. The Morgan fingerprint density at radius 3 is 2.36 bits per heavy atom. The molecule has 0 saturated heterocycles. The van der Waals surface area contributed by atoms with Crippen LogP contribution < -0.4 is 10.1 Å². The zero-order valence-corrected chi connectivity index (χ0v) is 13.9. The maximum atomic E-state index is 12.5. The Labute approximate surface area is 132 Å². The highest BCUT2D eigenvalue weighted by Crippen LogP contribution is 2.31. The van der Waals surface area contributed by atoms with Crippen molar-refractivity contribution in [2.45, 2.75) is 33.1 Å². The molecule has 0 radical (unpaired) electrons. The minimum absolute atomic E-state index is 0.00835.